The quantitative estimate of drug-likeness (QED) is 0.538. The molecule has 4 rings (SSSR count). The first-order valence-electron chi connectivity index (χ1n) is 11.3. The van der Waals surface area contributed by atoms with Crippen LogP contribution in [-0.2, 0) is 6.54 Å². The van der Waals surface area contributed by atoms with Crippen LogP contribution in [0.2, 0.25) is 5.04 Å². The van der Waals surface area contributed by atoms with E-state index in [-0.39, 0.29) is 11.1 Å². The van der Waals surface area contributed by atoms with Gasteiger partial charge in [-0.15, -0.1) is 0 Å². The molecule has 0 saturated carbocycles. The highest BCUT2D eigenvalue weighted by atomic mass is 28.4. The van der Waals surface area contributed by atoms with E-state index >= 15 is 0 Å². The second-order valence-corrected chi connectivity index (χ2v) is 13.4. The lowest BCUT2D eigenvalue weighted by atomic mass is 9.89. The molecule has 1 aliphatic heterocycles. The highest BCUT2D eigenvalue weighted by molar-refractivity contribution is 6.98. The van der Waals surface area contributed by atoms with E-state index in [1.54, 1.807) is 0 Å². The van der Waals surface area contributed by atoms with Crippen molar-refractivity contribution < 1.29 is 4.80 Å². The molecule has 0 amide bonds. The standard InChI is InChI=1S/C27H34N2OSi/c1-27(2,19-18-26-25(28)21-29(26)20-22-12-6-3-7-13-22)31(30,23-14-8-4-9-15-23)24-16-10-5-11-17-24/h3-17,25-26,30H,18-21,28H2,1-2H3/t25-,26-/m1/s1. The molecule has 4 heteroatoms. The third kappa shape index (κ3) is 4.39. The van der Waals surface area contributed by atoms with Crippen molar-refractivity contribution in [2.24, 2.45) is 5.73 Å². The zero-order valence-corrected chi connectivity index (χ0v) is 19.6. The van der Waals surface area contributed by atoms with Crippen LogP contribution in [0, 0.1) is 0 Å². The maximum absolute atomic E-state index is 12.3. The van der Waals surface area contributed by atoms with E-state index in [9.17, 15) is 4.80 Å². The summed E-state index contributed by atoms with van der Waals surface area (Å²) in [5.41, 5.74) is 7.77. The Balaban J connectivity index is 1.54. The van der Waals surface area contributed by atoms with Crippen LogP contribution in [0.25, 0.3) is 0 Å². The van der Waals surface area contributed by atoms with Crippen LogP contribution in [0.1, 0.15) is 32.3 Å². The summed E-state index contributed by atoms with van der Waals surface area (Å²) in [6.45, 7) is 6.37. The molecule has 0 unspecified atom stereocenters. The zero-order chi connectivity index (χ0) is 21.9. The van der Waals surface area contributed by atoms with Crippen molar-refractivity contribution in [3.05, 3.63) is 96.6 Å². The molecule has 31 heavy (non-hydrogen) atoms. The summed E-state index contributed by atoms with van der Waals surface area (Å²) in [4.78, 5) is 14.8. The molecule has 2 atom stereocenters. The first kappa shape index (κ1) is 22.0. The molecule has 162 valence electrons. The molecule has 0 aliphatic carbocycles. The number of nitrogens with zero attached hydrogens (tertiary/aromatic N) is 1. The van der Waals surface area contributed by atoms with Crippen LogP contribution in [-0.4, -0.2) is 36.6 Å². The molecule has 3 aromatic carbocycles. The zero-order valence-electron chi connectivity index (χ0n) is 18.6. The number of likely N-dealkylation sites (tertiary alicyclic amines) is 1. The lowest BCUT2D eigenvalue weighted by molar-refractivity contribution is 0.0449. The SMILES string of the molecule is CC(C)(CC[C@@H]1[C@H](N)CN1Cc1ccccc1)[Si](O)(c1ccccc1)c1ccccc1. The van der Waals surface area contributed by atoms with Gasteiger partial charge in [0.25, 0.3) is 8.32 Å². The van der Waals surface area contributed by atoms with Gasteiger partial charge in [-0.2, -0.15) is 0 Å². The Labute approximate surface area is 187 Å². The Bertz CT molecular complexity index is 923. The Hall–Kier alpha value is -2.24. The predicted octanol–water partition coefficient (Wildman–Crippen LogP) is 3.51. The first-order chi connectivity index (χ1) is 14.9. The molecule has 0 radical (unpaired) electrons. The molecule has 0 spiro atoms. The average molecular weight is 431 g/mol. The second kappa shape index (κ2) is 9.09. The van der Waals surface area contributed by atoms with Gasteiger partial charge in [0.05, 0.1) is 0 Å². The molecule has 1 saturated heterocycles. The lowest BCUT2D eigenvalue weighted by Gasteiger charge is -2.49. The summed E-state index contributed by atoms with van der Waals surface area (Å²) in [6, 6.07) is 31.8. The molecule has 1 heterocycles. The van der Waals surface area contributed by atoms with Crippen LogP contribution in [0.15, 0.2) is 91.0 Å². The maximum Gasteiger partial charge on any atom is 0.258 e. The minimum Gasteiger partial charge on any atom is -0.424 e. The van der Waals surface area contributed by atoms with Crippen molar-refractivity contribution in [3.63, 3.8) is 0 Å². The fourth-order valence-corrected chi connectivity index (χ4v) is 8.81. The molecular formula is C27H34N2OSi. The number of rotatable bonds is 8. The molecule has 1 fully saturated rings. The lowest BCUT2D eigenvalue weighted by Crippen LogP contribution is -2.66. The Morgan fingerprint density at radius 1 is 0.871 bits per heavy atom. The molecule has 0 aromatic heterocycles. The highest BCUT2D eigenvalue weighted by Gasteiger charge is 2.50. The Kier molecular flexibility index (Phi) is 6.44. The highest BCUT2D eigenvalue weighted by Crippen LogP contribution is 2.41. The van der Waals surface area contributed by atoms with Crippen LogP contribution in [0.5, 0.6) is 0 Å². The van der Waals surface area contributed by atoms with E-state index in [0.29, 0.717) is 6.04 Å². The van der Waals surface area contributed by atoms with Gasteiger partial charge >= 0.3 is 0 Å². The van der Waals surface area contributed by atoms with Gasteiger partial charge in [0.2, 0.25) is 0 Å². The van der Waals surface area contributed by atoms with Gasteiger partial charge in [-0.25, -0.2) is 0 Å². The van der Waals surface area contributed by atoms with Crippen molar-refractivity contribution in [3.8, 4) is 0 Å². The van der Waals surface area contributed by atoms with Gasteiger partial charge in [-0.1, -0.05) is 105 Å². The minimum atomic E-state index is -2.96. The van der Waals surface area contributed by atoms with E-state index < -0.39 is 8.32 Å². The van der Waals surface area contributed by atoms with E-state index in [1.165, 1.54) is 5.56 Å². The van der Waals surface area contributed by atoms with Gasteiger partial charge in [0, 0.05) is 25.2 Å². The van der Waals surface area contributed by atoms with Gasteiger partial charge in [0.15, 0.2) is 0 Å². The predicted molar refractivity (Wildman–Crippen MR) is 132 cm³/mol. The number of nitrogens with two attached hydrogens (primary N) is 1. The third-order valence-corrected chi connectivity index (χ3v) is 11.6. The van der Waals surface area contributed by atoms with Gasteiger partial charge in [0.1, 0.15) is 0 Å². The molecule has 3 aromatic rings. The van der Waals surface area contributed by atoms with Crippen LogP contribution in [0.4, 0.5) is 0 Å². The van der Waals surface area contributed by atoms with Crippen molar-refractivity contribution in [1.29, 1.82) is 0 Å². The summed E-state index contributed by atoms with van der Waals surface area (Å²) in [5.74, 6) is 0. The van der Waals surface area contributed by atoms with Crippen LogP contribution < -0.4 is 16.1 Å². The monoisotopic (exact) mass is 430 g/mol. The van der Waals surface area contributed by atoms with Crippen molar-refractivity contribution in [2.75, 3.05) is 6.54 Å². The van der Waals surface area contributed by atoms with Crippen molar-refractivity contribution in [2.45, 2.75) is 50.4 Å². The topological polar surface area (TPSA) is 49.5 Å². The molecule has 3 N–H and O–H groups in total. The first-order valence-corrected chi connectivity index (χ1v) is 13.2. The largest absolute Gasteiger partial charge is 0.424 e. The van der Waals surface area contributed by atoms with Crippen LogP contribution >= 0.6 is 0 Å². The normalized spacial score (nSPS) is 19.7. The second-order valence-electron chi connectivity index (χ2n) is 9.51. The van der Waals surface area contributed by atoms with Gasteiger partial charge in [-0.05, 0) is 33.8 Å². The number of hydrogen-bond donors (Lipinski definition) is 2. The van der Waals surface area contributed by atoms with E-state index in [1.807, 2.05) is 36.4 Å². The minimum absolute atomic E-state index is 0.211. The number of benzene rings is 3. The number of hydrogen-bond acceptors (Lipinski definition) is 3. The van der Waals surface area contributed by atoms with Crippen LogP contribution in [0.3, 0.4) is 0 Å². The maximum atomic E-state index is 12.3. The molecule has 1 aliphatic rings. The summed E-state index contributed by atoms with van der Waals surface area (Å²) >= 11 is 0. The molecule has 0 bridgehead atoms. The Morgan fingerprint density at radius 2 is 1.35 bits per heavy atom. The van der Waals surface area contributed by atoms with Gasteiger partial charge in [-0.3, -0.25) is 4.90 Å². The van der Waals surface area contributed by atoms with Gasteiger partial charge < -0.3 is 10.5 Å². The smallest absolute Gasteiger partial charge is 0.258 e. The van der Waals surface area contributed by atoms with Crippen molar-refractivity contribution in [1.82, 2.24) is 4.90 Å². The molecular weight excluding hydrogens is 396 g/mol. The molecule has 3 nitrogen and oxygen atoms in total. The summed E-state index contributed by atoms with van der Waals surface area (Å²) < 4.78 is 0. The summed E-state index contributed by atoms with van der Waals surface area (Å²) in [6.07, 6.45) is 1.93. The summed E-state index contributed by atoms with van der Waals surface area (Å²) in [7, 11) is -2.96. The fourth-order valence-electron chi connectivity index (χ4n) is 5.05. The fraction of sp³-hybridized carbons (Fsp3) is 0.333. The Morgan fingerprint density at radius 3 is 1.84 bits per heavy atom. The average Bonchev–Trinajstić information content (AvgIpc) is 2.80. The third-order valence-electron chi connectivity index (χ3n) is 7.06. The van der Waals surface area contributed by atoms with E-state index in [4.69, 9.17) is 5.73 Å². The van der Waals surface area contributed by atoms with E-state index in [0.717, 1.165) is 36.3 Å². The van der Waals surface area contributed by atoms with E-state index in [2.05, 4.69) is 73.3 Å². The summed E-state index contributed by atoms with van der Waals surface area (Å²) in [5, 5.41) is 1.92. The van der Waals surface area contributed by atoms with Crippen molar-refractivity contribution >= 4 is 18.7 Å².